The summed E-state index contributed by atoms with van der Waals surface area (Å²) in [7, 11) is 1.60. The molecule has 1 aliphatic heterocycles. The van der Waals surface area contributed by atoms with Gasteiger partial charge in [-0.25, -0.2) is 0 Å². The third-order valence-electron chi connectivity index (χ3n) is 3.77. The summed E-state index contributed by atoms with van der Waals surface area (Å²) in [5.41, 5.74) is 1.87. The molecule has 0 aliphatic carbocycles. The van der Waals surface area contributed by atoms with Gasteiger partial charge in [-0.15, -0.1) is 0 Å². The fraction of sp³-hybridized carbons (Fsp3) is 0.222. The molecule has 1 aromatic carbocycles. The first kappa shape index (κ1) is 18.2. The molecule has 0 spiro atoms. The molecule has 1 aromatic heterocycles. The van der Waals surface area contributed by atoms with Crippen LogP contribution in [0.3, 0.4) is 0 Å². The van der Waals surface area contributed by atoms with E-state index in [1.807, 2.05) is 47.2 Å². The lowest BCUT2D eigenvalue weighted by molar-refractivity contribution is -0.122. The van der Waals surface area contributed by atoms with Crippen LogP contribution in [0.25, 0.3) is 11.8 Å². The average Bonchev–Trinajstić information content (AvgIpc) is 3.16. The van der Waals surface area contributed by atoms with E-state index < -0.39 is 0 Å². The minimum absolute atomic E-state index is 0.222. The highest BCUT2D eigenvalue weighted by Gasteiger charge is 2.34. The molecule has 25 heavy (non-hydrogen) atoms. The predicted octanol–water partition coefficient (Wildman–Crippen LogP) is 4.15. The predicted molar refractivity (Wildman–Crippen MR) is 108 cm³/mol. The van der Waals surface area contributed by atoms with Gasteiger partial charge >= 0.3 is 0 Å². The molecule has 0 bridgehead atoms. The summed E-state index contributed by atoms with van der Waals surface area (Å²) in [5.74, 6) is -0.235. The van der Waals surface area contributed by atoms with Crippen LogP contribution in [0.15, 0.2) is 47.5 Å². The molecule has 1 fully saturated rings. The van der Waals surface area contributed by atoms with Crippen molar-refractivity contribution in [3.05, 3.63) is 56.8 Å². The number of rotatable bonds is 6. The van der Waals surface area contributed by atoms with Gasteiger partial charge in [-0.2, -0.15) is 0 Å². The zero-order valence-electron chi connectivity index (χ0n) is 13.6. The smallest absolute Gasteiger partial charge is 0.293 e. The summed E-state index contributed by atoms with van der Waals surface area (Å²) in [5, 5.41) is -0.222. The Balaban J connectivity index is 1.82. The standard InChI is InChI=1S/C18H17IN2O3S/c1-24-11-3-10-21-17(22)16(25-18(21)23)12-15-4-2-9-20(15)14-7-5-13(19)6-8-14/h2,4-9,12H,3,10-11H2,1H3/b16-12+. The zero-order chi connectivity index (χ0) is 17.8. The number of nitrogens with zero attached hydrogens (tertiary/aromatic N) is 2. The Bertz CT molecular complexity index is 814. The van der Waals surface area contributed by atoms with Crippen LogP contribution in [0.5, 0.6) is 0 Å². The Morgan fingerprint density at radius 2 is 1.96 bits per heavy atom. The molecule has 7 heteroatoms. The summed E-state index contributed by atoms with van der Waals surface area (Å²) < 4.78 is 8.14. The number of amides is 2. The van der Waals surface area contributed by atoms with Gasteiger partial charge in [-0.1, -0.05) is 0 Å². The Morgan fingerprint density at radius 1 is 1.20 bits per heavy atom. The average molecular weight is 468 g/mol. The Hall–Kier alpha value is -1.58. The van der Waals surface area contributed by atoms with Crippen molar-refractivity contribution in [3.8, 4) is 5.69 Å². The minimum atomic E-state index is -0.235. The van der Waals surface area contributed by atoms with Crippen molar-refractivity contribution in [1.29, 1.82) is 0 Å². The van der Waals surface area contributed by atoms with Crippen LogP contribution in [-0.2, 0) is 9.53 Å². The number of methoxy groups -OCH3 is 1. The SMILES string of the molecule is COCCCN1C(=O)S/C(=C/c2cccn2-c2ccc(I)cc2)C1=O. The molecule has 2 heterocycles. The van der Waals surface area contributed by atoms with E-state index in [4.69, 9.17) is 4.74 Å². The van der Waals surface area contributed by atoms with Crippen LogP contribution in [-0.4, -0.2) is 40.9 Å². The number of halogens is 1. The number of ether oxygens (including phenoxy) is 1. The first-order chi connectivity index (χ1) is 12.1. The van der Waals surface area contributed by atoms with Crippen molar-refractivity contribution in [1.82, 2.24) is 9.47 Å². The van der Waals surface area contributed by atoms with E-state index in [0.29, 0.717) is 24.5 Å². The number of hydrogen-bond donors (Lipinski definition) is 0. The maximum Gasteiger partial charge on any atom is 0.293 e. The quantitative estimate of drug-likeness (QED) is 0.363. The van der Waals surface area contributed by atoms with Crippen molar-refractivity contribution in [2.24, 2.45) is 0 Å². The number of benzene rings is 1. The van der Waals surface area contributed by atoms with Gasteiger partial charge in [-0.3, -0.25) is 14.5 Å². The van der Waals surface area contributed by atoms with Crippen LogP contribution < -0.4 is 0 Å². The number of imide groups is 1. The monoisotopic (exact) mass is 468 g/mol. The molecule has 2 aromatic rings. The van der Waals surface area contributed by atoms with E-state index in [1.165, 1.54) is 4.90 Å². The van der Waals surface area contributed by atoms with Gasteiger partial charge in [0.1, 0.15) is 0 Å². The summed E-state index contributed by atoms with van der Waals surface area (Å²) in [6.07, 6.45) is 4.36. The molecular formula is C18H17IN2O3S. The van der Waals surface area contributed by atoms with Crippen molar-refractivity contribution in [2.45, 2.75) is 6.42 Å². The Kier molecular flexibility index (Phi) is 5.98. The second-order valence-corrected chi connectivity index (χ2v) is 7.70. The zero-order valence-corrected chi connectivity index (χ0v) is 16.6. The maximum absolute atomic E-state index is 12.5. The van der Waals surface area contributed by atoms with Crippen LogP contribution >= 0.6 is 34.4 Å². The molecule has 0 N–H and O–H groups in total. The molecule has 0 saturated carbocycles. The molecule has 0 radical (unpaired) electrons. The van der Waals surface area contributed by atoms with Crippen LogP contribution in [0.1, 0.15) is 12.1 Å². The van der Waals surface area contributed by atoms with Gasteiger partial charge in [0.2, 0.25) is 0 Å². The molecule has 0 unspecified atom stereocenters. The summed E-state index contributed by atoms with van der Waals surface area (Å²) in [6, 6.07) is 12.0. The number of carbonyl (C=O) groups is 2. The lowest BCUT2D eigenvalue weighted by atomic mass is 10.3. The third-order valence-corrected chi connectivity index (χ3v) is 5.39. The summed E-state index contributed by atoms with van der Waals surface area (Å²) in [6.45, 7) is 0.907. The largest absolute Gasteiger partial charge is 0.385 e. The maximum atomic E-state index is 12.5. The van der Waals surface area contributed by atoms with Crippen LogP contribution in [0.2, 0.25) is 0 Å². The van der Waals surface area contributed by atoms with E-state index >= 15 is 0 Å². The second-order valence-electron chi connectivity index (χ2n) is 5.46. The number of aromatic nitrogens is 1. The highest BCUT2D eigenvalue weighted by Crippen LogP contribution is 2.32. The summed E-state index contributed by atoms with van der Waals surface area (Å²) in [4.78, 5) is 26.3. The lowest BCUT2D eigenvalue weighted by Gasteiger charge is -2.11. The first-order valence-electron chi connectivity index (χ1n) is 7.78. The first-order valence-corrected chi connectivity index (χ1v) is 9.67. The Morgan fingerprint density at radius 3 is 2.68 bits per heavy atom. The molecular weight excluding hydrogens is 451 g/mol. The molecule has 2 amide bonds. The molecule has 0 atom stereocenters. The normalized spacial score (nSPS) is 16.2. The second kappa shape index (κ2) is 8.20. The number of thioether (sulfide) groups is 1. The Labute approximate surface area is 164 Å². The van der Waals surface area contributed by atoms with E-state index in [1.54, 1.807) is 13.2 Å². The van der Waals surface area contributed by atoms with Gasteiger partial charge in [0.15, 0.2) is 0 Å². The van der Waals surface area contributed by atoms with Crippen LogP contribution in [0.4, 0.5) is 4.79 Å². The minimum Gasteiger partial charge on any atom is -0.385 e. The van der Waals surface area contributed by atoms with Gasteiger partial charge in [0.05, 0.1) is 4.91 Å². The highest BCUT2D eigenvalue weighted by atomic mass is 127. The van der Waals surface area contributed by atoms with Gasteiger partial charge in [-0.05, 0) is 83.2 Å². The lowest BCUT2D eigenvalue weighted by Crippen LogP contribution is -2.29. The van der Waals surface area contributed by atoms with Crippen molar-refractivity contribution < 1.29 is 14.3 Å². The summed E-state index contributed by atoms with van der Waals surface area (Å²) >= 11 is 3.25. The van der Waals surface area contributed by atoms with Crippen molar-refractivity contribution >= 4 is 51.6 Å². The van der Waals surface area contributed by atoms with E-state index in [0.717, 1.165) is 26.7 Å². The van der Waals surface area contributed by atoms with Crippen molar-refractivity contribution in [2.75, 3.05) is 20.3 Å². The molecule has 1 aliphatic rings. The third kappa shape index (κ3) is 4.16. The number of hydrogen-bond acceptors (Lipinski definition) is 4. The van der Waals surface area contributed by atoms with Gasteiger partial charge in [0, 0.05) is 41.4 Å². The molecule has 1 saturated heterocycles. The molecule has 5 nitrogen and oxygen atoms in total. The van der Waals surface area contributed by atoms with E-state index in [2.05, 4.69) is 22.6 Å². The van der Waals surface area contributed by atoms with Gasteiger partial charge < -0.3 is 9.30 Å². The number of carbonyl (C=O) groups excluding carboxylic acids is 2. The van der Waals surface area contributed by atoms with E-state index in [-0.39, 0.29) is 11.1 Å². The molecule has 3 rings (SSSR count). The van der Waals surface area contributed by atoms with Crippen LogP contribution in [0, 0.1) is 3.57 Å². The van der Waals surface area contributed by atoms with Gasteiger partial charge in [0.25, 0.3) is 11.1 Å². The highest BCUT2D eigenvalue weighted by molar-refractivity contribution is 14.1. The fourth-order valence-electron chi connectivity index (χ4n) is 2.54. The van der Waals surface area contributed by atoms with Crippen molar-refractivity contribution in [3.63, 3.8) is 0 Å². The fourth-order valence-corrected chi connectivity index (χ4v) is 3.75. The molecule has 130 valence electrons. The van der Waals surface area contributed by atoms with E-state index in [9.17, 15) is 9.59 Å². The topological polar surface area (TPSA) is 51.5 Å².